The lowest BCUT2D eigenvalue weighted by molar-refractivity contribution is -0.131. The van der Waals surface area contributed by atoms with E-state index in [1.165, 1.54) is 12.7 Å². The summed E-state index contributed by atoms with van der Waals surface area (Å²) in [6.45, 7) is 3.75. The minimum absolute atomic E-state index is 0.0264. The fourth-order valence-electron chi connectivity index (χ4n) is 2.18. The lowest BCUT2D eigenvalue weighted by atomic mass is 10.0. The first-order valence-electron chi connectivity index (χ1n) is 6.26. The SMILES string of the molecule is C[C@H]1CCCN(C(=O)CNC(=O)c2ccco2)C1. The Morgan fingerprint density at radius 2 is 2.39 bits per heavy atom. The standard InChI is InChI=1S/C13H18N2O3/c1-10-4-2-6-15(9-10)12(16)8-14-13(17)11-5-3-7-18-11/h3,5,7,10H,2,4,6,8-9H2,1H3,(H,14,17)/t10-/m0/s1. The van der Waals surface area contributed by atoms with Gasteiger partial charge in [0.05, 0.1) is 12.8 Å². The van der Waals surface area contributed by atoms with Crippen LogP contribution < -0.4 is 5.32 Å². The molecule has 0 unspecified atom stereocenters. The highest BCUT2D eigenvalue weighted by molar-refractivity contribution is 5.94. The van der Waals surface area contributed by atoms with Crippen LogP contribution in [0.25, 0.3) is 0 Å². The molecule has 18 heavy (non-hydrogen) atoms. The zero-order chi connectivity index (χ0) is 13.0. The smallest absolute Gasteiger partial charge is 0.287 e. The van der Waals surface area contributed by atoms with Crippen molar-refractivity contribution in [1.82, 2.24) is 10.2 Å². The summed E-state index contributed by atoms with van der Waals surface area (Å²) >= 11 is 0. The minimum Gasteiger partial charge on any atom is -0.459 e. The molecule has 0 saturated carbocycles. The zero-order valence-electron chi connectivity index (χ0n) is 10.5. The summed E-state index contributed by atoms with van der Waals surface area (Å²) in [5.74, 6) is 0.401. The molecule has 2 rings (SSSR count). The molecule has 1 aliphatic heterocycles. The Kier molecular flexibility index (Phi) is 4.02. The second kappa shape index (κ2) is 5.71. The fraction of sp³-hybridized carbons (Fsp3) is 0.538. The molecule has 98 valence electrons. The number of carbonyl (C=O) groups is 2. The van der Waals surface area contributed by atoms with E-state index in [0.717, 1.165) is 19.5 Å². The molecule has 1 aliphatic rings. The van der Waals surface area contributed by atoms with Crippen molar-refractivity contribution in [2.24, 2.45) is 5.92 Å². The number of nitrogens with zero attached hydrogens (tertiary/aromatic N) is 1. The molecule has 1 aromatic heterocycles. The molecule has 1 N–H and O–H groups in total. The van der Waals surface area contributed by atoms with Crippen molar-refractivity contribution in [2.75, 3.05) is 19.6 Å². The molecule has 0 spiro atoms. The molecule has 0 aliphatic carbocycles. The van der Waals surface area contributed by atoms with E-state index in [1.807, 2.05) is 4.90 Å². The predicted molar refractivity (Wildman–Crippen MR) is 66.0 cm³/mol. The first kappa shape index (κ1) is 12.7. The van der Waals surface area contributed by atoms with E-state index in [9.17, 15) is 9.59 Å². The van der Waals surface area contributed by atoms with E-state index in [4.69, 9.17) is 4.42 Å². The number of furan rings is 1. The second-order valence-corrected chi connectivity index (χ2v) is 4.75. The van der Waals surface area contributed by atoms with E-state index in [1.54, 1.807) is 12.1 Å². The monoisotopic (exact) mass is 250 g/mol. The molecule has 1 fully saturated rings. The van der Waals surface area contributed by atoms with Crippen LogP contribution in [-0.4, -0.2) is 36.3 Å². The van der Waals surface area contributed by atoms with Crippen LogP contribution in [0.1, 0.15) is 30.3 Å². The van der Waals surface area contributed by atoms with Crippen LogP contribution in [0.15, 0.2) is 22.8 Å². The largest absolute Gasteiger partial charge is 0.459 e. The Balaban J connectivity index is 1.79. The van der Waals surface area contributed by atoms with E-state index >= 15 is 0 Å². The van der Waals surface area contributed by atoms with Crippen molar-refractivity contribution in [3.63, 3.8) is 0 Å². The van der Waals surface area contributed by atoms with Crippen LogP contribution in [0.3, 0.4) is 0 Å². The topological polar surface area (TPSA) is 62.6 Å². The van der Waals surface area contributed by atoms with Gasteiger partial charge in [0.1, 0.15) is 0 Å². The maximum absolute atomic E-state index is 11.9. The molecule has 0 aromatic carbocycles. The van der Waals surface area contributed by atoms with Crippen molar-refractivity contribution in [3.05, 3.63) is 24.2 Å². The van der Waals surface area contributed by atoms with Crippen LogP contribution in [0.4, 0.5) is 0 Å². The van der Waals surface area contributed by atoms with Gasteiger partial charge in [-0.25, -0.2) is 0 Å². The van der Waals surface area contributed by atoms with E-state index in [2.05, 4.69) is 12.2 Å². The summed E-state index contributed by atoms with van der Waals surface area (Å²) in [5.41, 5.74) is 0. The van der Waals surface area contributed by atoms with Crippen LogP contribution >= 0.6 is 0 Å². The molecule has 5 nitrogen and oxygen atoms in total. The van der Waals surface area contributed by atoms with Gasteiger partial charge in [-0.3, -0.25) is 9.59 Å². The minimum atomic E-state index is -0.349. The Labute approximate surface area is 106 Å². The van der Waals surface area contributed by atoms with Gasteiger partial charge in [0.2, 0.25) is 5.91 Å². The molecule has 1 saturated heterocycles. The number of hydrogen-bond acceptors (Lipinski definition) is 3. The summed E-state index contributed by atoms with van der Waals surface area (Å²) in [7, 11) is 0. The number of carbonyl (C=O) groups excluding carboxylic acids is 2. The van der Waals surface area contributed by atoms with Gasteiger partial charge < -0.3 is 14.6 Å². The van der Waals surface area contributed by atoms with Crippen LogP contribution in [-0.2, 0) is 4.79 Å². The Bertz CT molecular complexity index is 414. The second-order valence-electron chi connectivity index (χ2n) is 4.75. The third kappa shape index (κ3) is 3.12. The number of likely N-dealkylation sites (tertiary alicyclic amines) is 1. The first-order valence-corrected chi connectivity index (χ1v) is 6.26. The molecule has 5 heteroatoms. The van der Waals surface area contributed by atoms with Gasteiger partial charge in [0.15, 0.2) is 5.76 Å². The van der Waals surface area contributed by atoms with Crippen LogP contribution in [0.2, 0.25) is 0 Å². The van der Waals surface area contributed by atoms with Gasteiger partial charge in [-0.15, -0.1) is 0 Å². The lowest BCUT2D eigenvalue weighted by Gasteiger charge is -2.30. The van der Waals surface area contributed by atoms with Crippen molar-refractivity contribution < 1.29 is 14.0 Å². The molecule has 0 radical (unpaired) electrons. The number of hydrogen-bond donors (Lipinski definition) is 1. The Hall–Kier alpha value is -1.78. The summed E-state index contributed by atoms with van der Waals surface area (Å²) in [6.07, 6.45) is 3.64. The maximum atomic E-state index is 11.9. The zero-order valence-corrected chi connectivity index (χ0v) is 10.5. The molecule has 2 amide bonds. The van der Waals surface area contributed by atoms with E-state index < -0.39 is 0 Å². The van der Waals surface area contributed by atoms with Crippen molar-refractivity contribution >= 4 is 11.8 Å². The molecule has 0 bridgehead atoms. The molecule has 2 heterocycles. The van der Waals surface area contributed by atoms with E-state index in [-0.39, 0.29) is 24.1 Å². The van der Waals surface area contributed by atoms with Crippen molar-refractivity contribution in [1.29, 1.82) is 0 Å². The Morgan fingerprint density at radius 1 is 1.56 bits per heavy atom. The molecule has 1 atom stereocenters. The summed E-state index contributed by atoms with van der Waals surface area (Å²) in [5, 5.41) is 2.57. The Morgan fingerprint density at radius 3 is 3.06 bits per heavy atom. The number of piperidine rings is 1. The van der Waals surface area contributed by atoms with Gasteiger partial charge >= 0.3 is 0 Å². The van der Waals surface area contributed by atoms with Gasteiger partial charge in [-0.2, -0.15) is 0 Å². The average molecular weight is 250 g/mol. The third-order valence-electron chi connectivity index (χ3n) is 3.15. The maximum Gasteiger partial charge on any atom is 0.287 e. The normalized spacial score (nSPS) is 19.6. The lowest BCUT2D eigenvalue weighted by Crippen LogP contribution is -2.44. The summed E-state index contributed by atoms with van der Waals surface area (Å²) < 4.78 is 4.95. The quantitative estimate of drug-likeness (QED) is 0.878. The predicted octanol–water partition coefficient (Wildman–Crippen LogP) is 1.27. The highest BCUT2D eigenvalue weighted by atomic mass is 16.3. The van der Waals surface area contributed by atoms with Crippen molar-refractivity contribution in [3.8, 4) is 0 Å². The summed E-state index contributed by atoms with van der Waals surface area (Å²) in [4.78, 5) is 25.3. The highest BCUT2D eigenvalue weighted by Crippen LogP contribution is 2.15. The van der Waals surface area contributed by atoms with Gasteiger partial charge in [-0.05, 0) is 30.9 Å². The highest BCUT2D eigenvalue weighted by Gasteiger charge is 2.21. The average Bonchev–Trinajstić information content (AvgIpc) is 2.89. The van der Waals surface area contributed by atoms with Crippen molar-refractivity contribution in [2.45, 2.75) is 19.8 Å². The van der Waals surface area contributed by atoms with Crippen LogP contribution in [0, 0.1) is 5.92 Å². The number of nitrogens with one attached hydrogen (secondary N) is 1. The summed E-state index contributed by atoms with van der Waals surface area (Å²) in [6, 6.07) is 3.21. The van der Waals surface area contributed by atoms with Gasteiger partial charge in [0.25, 0.3) is 5.91 Å². The molecular weight excluding hydrogens is 232 g/mol. The van der Waals surface area contributed by atoms with Crippen LogP contribution in [0.5, 0.6) is 0 Å². The van der Waals surface area contributed by atoms with E-state index in [0.29, 0.717) is 5.92 Å². The van der Waals surface area contributed by atoms with Gasteiger partial charge in [0, 0.05) is 13.1 Å². The molecular formula is C13H18N2O3. The third-order valence-corrected chi connectivity index (χ3v) is 3.15. The van der Waals surface area contributed by atoms with Gasteiger partial charge in [-0.1, -0.05) is 6.92 Å². The number of rotatable bonds is 3. The first-order chi connectivity index (χ1) is 8.66. The molecule has 1 aromatic rings. The number of amides is 2. The fourth-order valence-corrected chi connectivity index (χ4v) is 2.18.